The fourth-order valence-electron chi connectivity index (χ4n) is 3.65. The molecule has 2 aromatic rings. The number of hydrogen-bond acceptors (Lipinski definition) is 3. The average molecular weight is 323 g/mol. The van der Waals surface area contributed by atoms with Crippen molar-refractivity contribution in [2.75, 3.05) is 31.1 Å². The molecule has 1 heterocycles. The lowest BCUT2D eigenvalue weighted by atomic mass is 10.0. The van der Waals surface area contributed by atoms with Crippen molar-refractivity contribution in [1.82, 2.24) is 4.90 Å². The standard InChI is InChI=1S/C21H29N3/c1-2-23(17-18-8-4-3-5-9-18)20-12-10-19(11-13-20)21(16-22)24-14-6-7-15-24/h3-5,8-13,21H,2,6-7,14-17,22H2,1H3. The van der Waals surface area contributed by atoms with E-state index in [0.717, 1.165) is 13.1 Å². The van der Waals surface area contributed by atoms with E-state index >= 15 is 0 Å². The van der Waals surface area contributed by atoms with Gasteiger partial charge in [-0.05, 0) is 56.1 Å². The molecule has 0 bridgehead atoms. The van der Waals surface area contributed by atoms with Crippen LogP contribution in [-0.2, 0) is 6.54 Å². The predicted molar refractivity (Wildman–Crippen MR) is 102 cm³/mol. The number of nitrogens with two attached hydrogens (primary N) is 1. The Kier molecular flexibility index (Phi) is 5.89. The molecule has 3 nitrogen and oxygen atoms in total. The molecular weight excluding hydrogens is 294 g/mol. The Morgan fingerprint density at radius 2 is 1.67 bits per heavy atom. The Hall–Kier alpha value is -1.84. The fourth-order valence-corrected chi connectivity index (χ4v) is 3.65. The first kappa shape index (κ1) is 17.0. The molecule has 2 N–H and O–H groups in total. The molecular formula is C21H29N3. The zero-order valence-corrected chi connectivity index (χ0v) is 14.7. The summed E-state index contributed by atoms with van der Waals surface area (Å²) in [6.07, 6.45) is 2.60. The van der Waals surface area contributed by atoms with Crippen LogP contribution in [0.1, 0.15) is 36.9 Å². The highest BCUT2D eigenvalue weighted by molar-refractivity contribution is 5.48. The minimum Gasteiger partial charge on any atom is -0.367 e. The Labute approximate surface area is 146 Å². The number of nitrogens with zero attached hydrogens (tertiary/aromatic N) is 2. The molecule has 0 spiro atoms. The second-order valence-corrected chi connectivity index (χ2v) is 6.59. The average Bonchev–Trinajstić information content (AvgIpc) is 3.16. The summed E-state index contributed by atoms with van der Waals surface area (Å²) in [4.78, 5) is 4.93. The largest absolute Gasteiger partial charge is 0.367 e. The van der Waals surface area contributed by atoms with Crippen molar-refractivity contribution in [2.24, 2.45) is 5.73 Å². The quantitative estimate of drug-likeness (QED) is 0.841. The van der Waals surface area contributed by atoms with Crippen LogP contribution in [0.25, 0.3) is 0 Å². The summed E-state index contributed by atoms with van der Waals surface area (Å²) in [6.45, 7) is 7.21. The Bertz CT molecular complexity index is 603. The predicted octanol–water partition coefficient (Wildman–Crippen LogP) is 3.81. The smallest absolute Gasteiger partial charge is 0.0470 e. The van der Waals surface area contributed by atoms with E-state index in [4.69, 9.17) is 5.73 Å². The van der Waals surface area contributed by atoms with Gasteiger partial charge in [-0.3, -0.25) is 4.90 Å². The van der Waals surface area contributed by atoms with E-state index in [2.05, 4.69) is 71.3 Å². The normalized spacial score (nSPS) is 16.2. The molecule has 0 saturated carbocycles. The number of anilines is 1. The lowest BCUT2D eigenvalue weighted by Crippen LogP contribution is -2.31. The third-order valence-electron chi connectivity index (χ3n) is 5.05. The molecule has 1 atom stereocenters. The number of likely N-dealkylation sites (tertiary alicyclic amines) is 1. The summed E-state index contributed by atoms with van der Waals surface area (Å²) >= 11 is 0. The van der Waals surface area contributed by atoms with E-state index in [9.17, 15) is 0 Å². The molecule has 1 unspecified atom stereocenters. The Morgan fingerprint density at radius 3 is 2.25 bits per heavy atom. The van der Waals surface area contributed by atoms with Gasteiger partial charge in [0.25, 0.3) is 0 Å². The van der Waals surface area contributed by atoms with Gasteiger partial charge in [-0.25, -0.2) is 0 Å². The van der Waals surface area contributed by atoms with Gasteiger partial charge in [0.05, 0.1) is 0 Å². The first-order chi connectivity index (χ1) is 11.8. The van der Waals surface area contributed by atoms with Crippen molar-refractivity contribution in [1.29, 1.82) is 0 Å². The Balaban J connectivity index is 1.72. The topological polar surface area (TPSA) is 32.5 Å². The van der Waals surface area contributed by atoms with Gasteiger partial charge in [-0.15, -0.1) is 0 Å². The number of rotatable bonds is 7. The van der Waals surface area contributed by atoms with Gasteiger partial charge in [-0.2, -0.15) is 0 Å². The summed E-state index contributed by atoms with van der Waals surface area (Å²) in [5.74, 6) is 0. The van der Waals surface area contributed by atoms with Crippen molar-refractivity contribution in [3.63, 3.8) is 0 Å². The van der Waals surface area contributed by atoms with Crippen molar-refractivity contribution in [3.05, 3.63) is 65.7 Å². The minimum atomic E-state index is 0.366. The molecule has 0 aliphatic carbocycles. The summed E-state index contributed by atoms with van der Waals surface area (Å²) < 4.78 is 0. The second kappa shape index (κ2) is 8.32. The van der Waals surface area contributed by atoms with Crippen molar-refractivity contribution >= 4 is 5.69 Å². The molecule has 24 heavy (non-hydrogen) atoms. The molecule has 1 aliphatic rings. The highest BCUT2D eigenvalue weighted by Gasteiger charge is 2.22. The summed E-state index contributed by atoms with van der Waals surface area (Å²) in [6, 6.07) is 20.1. The van der Waals surface area contributed by atoms with E-state index < -0.39 is 0 Å². The SMILES string of the molecule is CCN(Cc1ccccc1)c1ccc(C(CN)N2CCCC2)cc1. The van der Waals surface area contributed by atoms with Crippen LogP contribution < -0.4 is 10.6 Å². The number of benzene rings is 2. The lowest BCUT2D eigenvalue weighted by Gasteiger charge is -2.28. The molecule has 3 heteroatoms. The summed E-state index contributed by atoms with van der Waals surface area (Å²) in [7, 11) is 0. The van der Waals surface area contributed by atoms with Gasteiger partial charge in [0.2, 0.25) is 0 Å². The van der Waals surface area contributed by atoms with Crippen LogP contribution >= 0.6 is 0 Å². The highest BCUT2D eigenvalue weighted by atomic mass is 15.2. The van der Waals surface area contributed by atoms with Crippen LogP contribution in [0.2, 0.25) is 0 Å². The monoisotopic (exact) mass is 323 g/mol. The van der Waals surface area contributed by atoms with E-state index in [1.165, 1.54) is 42.7 Å². The lowest BCUT2D eigenvalue weighted by molar-refractivity contribution is 0.251. The fraction of sp³-hybridized carbons (Fsp3) is 0.429. The zero-order valence-electron chi connectivity index (χ0n) is 14.7. The van der Waals surface area contributed by atoms with Gasteiger partial charge in [0, 0.05) is 31.4 Å². The van der Waals surface area contributed by atoms with E-state index in [1.807, 2.05) is 0 Å². The van der Waals surface area contributed by atoms with Gasteiger partial charge in [-0.1, -0.05) is 42.5 Å². The second-order valence-electron chi connectivity index (χ2n) is 6.59. The zero-order chi connectivity index (χ0) is 16.8. The molecule has 128 valence electrons. The maximum Gasteiger partial charge on any atom is 0.0470 e. The molecule has 1 aliphatic heterocycles. The Morgan fingerprint density at radius 1 is 1.00 bits per heavy atom. The first-order valence-corrected chi connectivity index (χ1v) is 9.14. The number of hydrogen-bond donors (Lipinski definition) is 1. The third-order valence-corrected chi connectivity index (χ3v) is 5.05. The van der Waals surface area contributed by atoms with Crippen LogP contribution in [0.15, 0.2) is 54.6 Å². The van der Waals surface area contributed by atoms with Crippen molar-refractivity contribution < 1.29 is 0 Å². The molecule has 2 aromatic carbocycles. The molecule has 0 aromatic heterocycles. The van der Waals surface area contributed by atoms with Gasteiger partial charge < -0.3 is 10.6 Å². The van der Waals surface area contributed by atoms with Gasteiger partial charge in [0.1, 0.15) is 0 Å². The maximum absolute atomic E-state index is 6.06. The molecule has 3 rings (SSSR count). The molecule has 1 saturated heterocycles. The molecule has 0 amide bonds. The van der Waals surface area contributed by atoms with E-state index in [0.29, 0.717) is 12.6 Å². The van der Waals surface area contributed by atoms with Crippen LogP contribution in [0.4, 0.5) is 5.69 Å². The highest BCUT2D eigenvalue weighted by Crippen LogP contribution is 2.26. The van der Waals surface area contributed by atoms with Crippen LogP contribution in [0.3, 0.4) is 0 Å². The van der Waals surface area contributed by atoms with Crippen LogP contribution in [-0.4, -0.2) is 31.1 Å². The molecule has 1 fully saturated rings. The van der Waals surface area contributed by atoms with Gasteiger partial charge in [0.15, 0.2) is 0 Å². The van der Waals surface area contributed by atoms with Gasteiger partial charge >= 0.3 is 0 Å². The first-order valence-electron chi connectivity index (χ1n) is 9.14. The minimum absolute atomic E-state index is 0.366. The van der Waals surface area contributed by atoms with Crippen LogP contribution in [0.5, 0.6) is 0 Å². The third kappa shape index (κ3) is 3.97. The summed E-state index contributed by atoms with van der Waals surface area (Å²) in [5, 5.41) is 0. The van der Waals surface area contributed by atoms with E-state index in [-0.39, 0.29) is 0 Å². The van der Waals surface area contributed by atoms with Crippen molar-refractivity contribution in [3.8, 4) is 0 Å². The molecule has 0 radical (unpaired) electrons. The van der Waals surface area contributed by atoms with Crippen molar-refractivity contribution in [2.45, 2.75) is 32.4 Å². The summed E-state index contributed by atoms with van der Waals surface area (Å²) in [5.41, 5.74) is 10.0. The van der Waals surface area contributed by atoms with Crippen LogP contribution in [0, 0.1) is 0 Å². The van der Waals surface area contributed by atoms with E-state index in [1.54, 1.807) is 0 Å². The maximum atomic E-state index is 6.06.